The highest BCUT2D eigenvalue weighted by Gasteiger charge is 2.59. The molecule has 3 aliphatic rings. The van der Waals surface area contributed by atoms with Gasteiger partial charge in [0.2, 0.25) is 0 Å². The molecule has 0 saturated carbocycles. The van der Waals surface area contributed by atoms with E-state index >= 15 is 4.79 Å². The summed E-state index contributed by atoms with van der Waals surface area (Å²) >= 11 is 0. The molecule has 20 nitrogen and oxygen atoms in total. The van der Waals surface area contributed by atoms with Crippen molar-refractivity contribution in [1.82, 2.24) is 0 Å². The summed E-state index contributed by atoms with van der Waals surface area (Å²) in [5, 5.41) is 12.4. The van der Waals surface area contributed by atoms with Crippen LogP contribution in [-0.4, -0.2) is 141 Å². The van der Waals surface area contributed by atoms with Crippen LogP contribution in [0.15, 0.2) is 303 Å². The van der Waals surface area contributed by atoms with Crippen molar-refractivity contribution in [3.63, 3.8) is 0 Å². The summed E-state index contributed by atoms with van der Waals surface area (Å²) < 4.78 is 104. The van der Waals surface area contributed by atoms with Gasteiger partial charge < -0.3 is 76.2 Å². The number of aliphatic hydroxyl groups is 1. The second kappa shape index (κ2) is 38.9. The molecule has 3 fully saturated rings. The normalized spacial score (nSPS) is 24.0. The zero-order valence-corrected chi connectivity index (χ0v) is 59.1. The highest BCUT2D eigenvalue weighted by atomic mass is 16.8. The molecule has 0 bridgehead atoms. The van der Waals surface area contributed by atoms with Gasteiger partial charge in [0.15, 0.2) is 37.2 Å². The Bertz CT molecular complexity index is 4330. The molecule has 15 atom stereocenters. The van der Waals surface area contributed by atoms with Crippen LogP contribution in [0.1, 0.15) is 74.8 Å². The van der Waals surface area contributed by atoms with Crippen LogP contribution in [0.3, 0.4) is 0 Å². The molecule has 13 rings (SSSR count). The summed E-state index contributed by atoms with van der Waals surface area (Å²) in [6.07, 6.45) is -22.1. The Balaban J connectivity index is 0.956. The van der Waals surface area contributed by atoms with E-state index < -0.39 is 123 Å². The first-order valence-electron chi connectivity index (χ1n) is 35.9. The lowest BCUT2D eigenvalue weighted by atomic mass is 9.95. The number of ether oxygens (including phenoxy) is 15. The van der Waals surface area contributed by atoms with Crippen molar-refractivity contribution in [1.29, 1.82) is 0 Å². The fourth-order valence-corrected chi connectivity index (χ4v) is 13.0. The SMILES string of the molecule is O=C(OC[C@H]1O[C@@H](O[C@H]2[C@H](OCc3ccccc3)[C@@H](OCc3ccccc3)C(O[C@H]3[C@H](OCc4ccccc4)[C@@H](OCc4ccccc4)[C@@H](O)O[C@@H]3COCc3ccccc3)O[C@@H]2COCc2ccccc2)[C@H](OC(=O)c2ccccc2)[C@H](OC(=O)c2ccccc2)[C@@H]1OC(=O)c1ccccc1)c1ccccc1. The van der Waals surface area contributed by atoms with E-state index in [0.717, 1.165) is 33.4 Å². The molecular formula is C88H84O20. The second-order valence-corrected chi connectivity index (χ2v) is 26.1. The van der Waals surface area contributed by atoms with Crippen LogP contribution < -0.4 is 0 Å². The van der Waals surface area contributed by atoms with E-state index in [2.05, 4.69) is 0 Å². The van der Waals surface area contributed by atoms with Crippen molar-refractivity contribution in [3.8, 4) is 0 Å². The molecule has 0 aliphatic carbocycles. The van der Waals surface area contributed by atoms with Crippen LogP contribution in [0.2, 0.25) is 0 Å². The summed E-state index contributed by atoms with van der Waals surface area (Å²) in [6, 6.07) is 89.5. The van der Waals surface area contributed by atoms with E-state index in [4.69, 9.17) is 71.1 Å². The number of carbonyl (C=O) groups is 4. The number of esters is 4. The van der Waals surface area contributed by atoms with Crippen LogP contribution in [0.4, 0.5) is 0 Å². The molecule has 108 heavy (non-hydrogen) atoms. The zero-order valence-electron chi connectivity index (χ0n) is 59.1. The van der Waals surface area contributed by atoms with Crippen molar-refractivity contribution in [2.75, 3.05) is 19.8 Å². The van der Waals surface area contributed by atoms with E-state index in [-0.39, 0.29) is 75.1 Å². The van der Waals surface area contributed by atoms with Gasteiger partial charge in [-0.25, -0.2) is 19.2 Å². The Morgan fingerprint density at radius 3 is 0.898 bits per heavy atom. The van der Waals surface area contributed by atoms with Gasteiger partial charge in [-0.1, -0.05) is 255 Å². The van der Waals surface area contributed by atoms with Crippen molar-refractivity contribution in [2.24, 2.45) is 0 Å². The topological polar surface area (TPSA) is 227 Å². The fourth-order valence-electron chi connectivity index (χ4n) is 13.0. The Hall–Kier alpha value is -10.4. The van der Waals surface area contributed by atoms with E-state index in [1.807, 2.05) is 182 Å². The number of carbonyl (C=O) groups excluding carboxylic acids is 4. The van der Waals surface area contributed by atoms with Gasteiger partial charge in [-0.3, -0.25) is 0 Å². The highest BCUT2D eigenvalue weighted by molar-refractivity contribution is 5.91. The molecule has 0 amide bonds. The predicted molar refractivity (Wildman–Crippen MR) is 394 cm³/mol. The van der Waals surface area contributed by atoms with E-state index in [1.54, 1.807) is 84.9 Å². The van der Waals surface area contributed by atoms with Crippen molar-refractivity contribution in [2.45, 2.75) is 132 Å². The number of benzene rings is 10. The first-order valence-corrected chi connectivity index (χ1v) is 35.9. The standard InChI is InChI=1S/C88H84O20/c89-82(66-43-23-7-24-44-66)100-59-72-75(104-83(90)67-45-25-8-26-46-67)78(105-84(91)68-47-27-9-28-48-68)81(106-85(92)69-49-29-10-30-50-69)88(103-72)108-74-71(58-95-52-61-33-13-2-14-34-61)102-87(80(99-56-65-41-21-6-22-42-65)77(74)97-54-63-37-17-4-18-38-63)107-73-70(57-94-51-60-31-11-1-12-32-60)101-86(93)79(98-55-64-39-19-5-20-40-64)76(73)96-53-62-35-15-3-16-36-62/h1-50,70-81,86-88,93H,51-59H2/t70-,71-,72-,73-,74-,75-,76+,77+,78-,79-,80-,81-,86+,87?,88+/m1/s1. The third-order valence-corrected chi connectivity index (χ3v) is 18.4. The van der Waals surface area contributed by atoms with Crippen LogP contribution in [0.5, 0.6) is 0 Å². The highest BCUT2D eigenvalue weighted by Crippen LogP contribution is 2.40. The summed E-state index contributed by atoms with van der Waals surface area (Å²) in [4.78, 5) is 59.0. The molecule has 10 aromatic carbocycles. The zero-order chi connectivity index (χ0) is 74.1. The maximum absolute atomic E-state index is 15.1. The number of hydrogen-bond acceptors (Lipinski definition) is 20. The molecule has 1 unspecified atom stereocenters. The van der Waals surface area contributed by atoms with Gasteiger partial charge in [0.05, 0.1) is 75.1 Å². The average molecular weight is 1460 g/mol. The molecule has 556 valence electrons. The summed E-state index contributed by atoms with van der Waals surface area (Å²) in [6.45, 7) is -0.930. The monoisotopic (exact) mass is 1460 g/mol. The molecule has 0 aromatic heterocycles. The Morgan fingerprint density at radius 1 is 0.259 bits per heavy atom. The Morgan fingerprint density at radius 2 is 0.528 bits per heavy atom. The second-order valence-electron chi connectivity index (χ2n) is 26.1. The van der Waals surface area contributed by atoms with Gasteiger partial charge in [0.25, 0.3) is 0 Å². The molecule has 3 heterocycles. The van der Waals surface area contributed by atoms with E-state index in [9.17, 15) is 19.5 Å². The van der Waals surface area contributed by atoms with Crippen molar-refractivity contribution >= 4 is 23.9 Å². The maximum atomic E-state index is 15.1. The van der Waals surface area contributed by atoms with Crippen LogP contribution in [-0.2, 0) is 111 Å². The van der Waals surface area contributed by atoms with Gasteiger partial charge in [-0.05, 0) is 81.9 Å². The lowest BCUT2D eigenvalue weighted by Gasteiger charge is -2.51. The Labute approximate surface area is 626 Å². The summed E-state index contributed by atoms with van der Waals surface area (Å²) in [5.74, 6) is -3.51. The summed E-state index contributed by atoms with van der Waals surface area (Å²) in [5.41, 5.74) is 5.23. The van der Waals surface area contributed by atoms with Crippen molar-refractivity contribution < 1.29 is 95.3 Å². The molecule has 0 spiro atoms. The number of aliphatic hydroxyl groups excluding tert-OH is 1. The molecule has 0 radical (unpaired) electrons. The van der Waals surface area contributed by atoms with E-state index in [0.29, 0.717) is 0 Å². The molecule has 3 aliphatic heterocycles. The lowest BCUT2D eigenvalue weighted by molar-refractivity contribution is -0.389. The first kappa shape index (κ1) is 75.8. The minimum Gasteiger partial charge on any atom is -0.459 e. The van der Waals surface area contributed by atoms with Crippen LogP contribution in [0.25, 0.3) is 0 Å². The Kier molecular flexibility index (Phi) is 27.3. The third-order valence-electron chi connectivity index (χ3n) is 18.4. The smallest absolute Gasteiger partial charge is 0.338 e. The predicted octanol–water partition coefficient (Wildman–Crippen LogP) is 13.2. The van der Waals surface area contributed by atoms with E-state index in [1.165, 1.54) is 36.4 Å². The molecular weight excluding hydrogens is 1380 g/mol. The lowest BCUT2D eigenvalue weighted by Crippen LogP contribution is -2.68. The number of hydrogen-bond donors (Lipinski definition) is 1. The van der Waals surface area contributed by atoms with Gasteiger partial charge >= 0.3 is 23.9 Å². The average Bonchev–Trinajstić information content (AvgIpc) is 0.759. The molecule has 10 aromatic rings. The molecule has 1 N–H and O–H groups in total. The van der Waals surface area contributed by atoms with Gasteiger partial charge in [-0.2, -0.15) is 0 Å². The van der Waals surface area contributed by atoms with Gasteiger partial charge in [-0.15, -0.1) is 0 Å². The largest absolute Gasteiger partial charge is 0.459 e. The minimum absolute atomic E-state index is 0.0346. The van der Waals surface area contributed by atoms with Crippen LogP contribution in [0, 0.1) is 0 Å². The fraction of sp³-hybridized carbons (Fsp3) is 0.273. The maximum Gasteiger partial charge on any atom is 0.338 e. The van der Waals surface area contributed by atoms with Crippen molar-refractivity contribution in [3.05, 3.63) is 359 Å². The molecule has 20 heteroatoms. The van der Waals surface area contributed by atoms with Gasteiger partial charge in [0.1, 0.15) is 61.5 Å². The quantitative estimate of drug-likeness (QED) is 0.0298. The number of rotatable bonds is 33. The third kappa shape index (κ3) is 20.8. The first-order chi connectivity index (χ1) is 53.1. The molecule has 3 saturated heterocycles. The summed E-state index contributed by atoms with van der Waals surface area (Å²) in [7, 11) is 0. The minimum atomic E-state index is -1.89. The van der Waals surface area contributed by atoms with Gasteiger partial charge in [0, 0.05) is 0 Å². The van der Waals surface area contributed by atoms with Crippen LogP contribution >= 0.6 is 0 Å².